The van der Waals surface area contributed by atoms with Gasteiger partial charge in [0.25, 0.3) is 5.91 Å². The van der Waals surface area contributed by atoms with E-state index in [-0.39, 0.29) is 10.8 Å². The van der Waals surface area contributed by atoms with Gasteiger partial charge in [0.15, 0.2) is 0 Å². The Labute approximate surface area is 135 Å². The third kappa shape index (κ3) is 2.60. The van der Waals surface area contributed by atoms with Crippen LogP contribution in [0.2, 0.25) is 0 Å². The smallest absolute Gasteiger partial charge is 0.258 e. The van der Waals surface area contributed by atoms with Crippen molar-refractivity contribution in [3.63, 3.8) is 0 Å². The van der Waals surface area contributed by atoms with Gasteiger partial charge < -0.3 is 9.64 Å². The van der Waals surface area contributed by atoms with Gasteiger partial charge in [0.2, 0.25) is 10.0 Å². The zero-order valence-electron chi connectivity index (χ0n) is 13.0. The van der Waals surface area contributed by atoms with Crippen LogP contribution in [0.15, 0.2) is 35.2 Å². The fourth-order valence-electron chi connectivity index (χ4n) is 2.84. The van der Waals surface area contributed by atoms with E-state index in [4.69, 9.17) is 4.74 Å². The molecule has 1 heterocycles. The van der Waals surface area contributed by atoms with Crippen molar-refractivity contribution in [2.24, 2.45) is 0 Å². The summed E-state index contributed by atoms with van der Waals surface area (Å²) >= 11 is 0. The van der Waals surface area contributed by atoms with Gasteiger partial charge in [-0.1, -0.05) is 12.1 Å². The van der Waals surface area contributed by atoms with E-state index in [1.165, 1.54) is 0 Å². The molecule has 0 aromatic heterocycles. The minimum Gasteiger partial charge on any atom is -0.385 e. The Hall–Kier alpha value is -1.96. The van der Waals surface area contributed by atoms with E-state index >= 15 is 0 Å². The third-order valence-electron chi connectivity index (χ3n) is 3.98. The molecule has 0 unspecified atom stereocenters. The molecule has 0 radical (unpaired) electrons. The normalized spacial score (nSPS) is 14.0. The predicted molar refractivity (Wildman–Crippen MR) is 88.4 cm³/mol. The van der Waals surface area contributed by atoms with Gasteiger partial charge in [-0.2, -0.15) is 0 Å². The second-order valence-corrected chi connectivity index (χ2v) is 7.15. The summed E-state index contributed by atoms with van der Waals surface area (Å²) in [5.74, 6) is -0.117. The first-order valence-electron chi connectivity index (χ1n) is 7.30. The van der Waals surface area contributed by atoms with Gasteiger partial charge in [-0.3, -0.25) is 4.79 Å². The summed E-state index contributed by atoms with van der Waals surface area (Å²) in [4.78, 5) is 14.0. The monoisotopic (exact) mass is 334 g/mol. The van der Waals surface area contributed by atoms with E-state index in [2.05, 4.69) is 4.72 Å². The van der Waals surface area contributed by atoms with Crippen molar-refractivity contribution >= 4 is 32.4 Å². The van der Waals surface area contributed by atoms with Crippen LogP contribution in [0.3, 0.4) is 0 Å². The Morgan fingerprint density at radius 1 is 1.22 bits per heavy atom. The van der Waals surface area contributed by atoms with E-state index in [1.54, 1.807) is 49.4 Å². The van der Waals surface area contributed by atoms with Gasteiger partial charge in [-0.15, -0.1) is 0 Å². The lowest BCUT2D eigenvalue weighted by atomic mass is 10.1. The SMILES string of the molecule is COCCCNS(=O)(=O)c1ccc2c3c(cccc13)C(=O)N2C. The lowest BCUT2D eigenvalue weighted by molar-refractivity contribution is 0.0999. The topological polar surface area (TPSA) is 75.7 Å². The highest BCUT2D eigenvalue weighted by Crippen LogP contribution is 2.39. The van der Waals surface area contributed by atoms with E-state index in [0.29, 0.717) is 35.9 Å². The van der Waals surface area contributed by atoms with Crippen LogP contribution in [-0.4, -0.2) is 41.6 Å². The molecule has 1 aliphatic rings. The molecule has 3 rings (SSSR count). The number of anilines is 1. The van der Waals surface area contributed by atoms with Crippen LogP contribution >= 0.6 is 0 Å². The largest absolute Gasteiger partial charge is 0.385 e. The van der Waals surface area contributed by atoms with Gasteiger partial charge in [-0.05, 0) is 24.6 Å². The molecule has 0 spiro atoms. The molecule has 0 aliphatic carbocycles. The number of methoxy groups -OCH3 is 1. The van der Waals surface area contributed by atoms with Crippen LogP contribution in [0, 0.1) is 0 Å². The second-order valence-electron chi connectivity index (χ2n) is 5.42. The summed E-state index contributed by atoms with van der Waals surface area (Å²) in [6, 6.07) is 8.40. The summed E-state index contributed by atoms with van der Waals surface area (Å²) in [6.45, 7) is 0.795. The minimum atomic E-state index is -3.64. The fourth-order valence-corrected chi connectivity index (χ4v) is 4.12. The molecular formula is C16H18N2O4S. The second kappa shape index (κ2) is 5.92. The molecule has 0 saturated heterocycles. The Kier molecular flexibility index (Phi) is 4.09. The summed E-state index contributed by atoms with van der Waals surface area (Å²) in [5, 5.41) is 1.26. The molecule has 6 nitrogen and oxygen atoms in total. The lowest BCUT2D eigenvalue weighted by Gasteiger charge is -2.12. The Balaban J connectivity index is 2.06. The highest BCUT2D eigenvalue weighted by Gasteiger charge is 2.29. The molecule has 2 aromatic carbocycles. The van der Waals surface area contributed by atoms with E-state index in [1.807, 2.05) is 0 Å². The van der Waals surface area contributed by atoms with Gasteiger partial charge in [0.1, 0.15) is 0 Å². The van der Waals surface area contributed by atoms with Crippen LogP contribution in [-0.2, 0) is 14.8 Å². The van der Waals surface area contributed by atoms with Crippen LogP contribution < -0.4 is 9.62 Å². The number of carbonyl (C=O) groups is 1. The number of benzene rings is 2. The zero-order valence-corrected chi connectivity index (χ0v) is 13.8. The van der Waals surface area contributed by atoms with Crippen LogP contribution in [0.1, 0.15) is 16.8 Å². The molecule has 1 aliphatic heterocycles. The standard InChI is InChI=1S/C16H18N2O4S/c1-18-13-7-8-14(23(20,21)17-9-4-10-22-2)11-5-3-6-12(15(11)13)16(18)19/h3,5-8,17H,4,9-10H2,1-2H3. The number of nitrogens with one attached hydrogen (secondary N) is 1. The summed E-state index contributed by atoms with van der Waals surface area (Å²) in [6.07, 6.45) is 0.595. The Morgan fingerprint density at radius 2 is 2.00 bits per heavy atom. The summed E-state index contributed by atoms with van der Waals surface area (Å²) < 4.78 is 32.6. The third-order valence-corrected chi connectivity index (χ3v) is 5.50. The van der Waals surface area contributed by atoms with Crippen LogP contribution in [0.4, 0.5) is 5.69 Å². The maximum Gasteiger partial charge on any atom is 0.258 e. The van der Waals surface area contributed by atoms with Gasteiger partial charge >= 0.3 is 0 Å². The molecule has 1 N–H and O–H groups in total. The maximum atomic E-state index is 12.6. The minimum absolute atomic E-state index is 0.117. The van der Waals surface area contributed by atoms with Crippen LogP contribution in [0.25, 0.3) is 10.8 Å². The first-order valence-corrected chi connectivity index (χ1v) is 8.78. The van der Waals surface area contributed by atoms with Crippen molar-refractivity contribution in [1.29, 1.82) is 0 Å². The molecule has 0 bridgehead atoms. The average molecular weight is 334 g/mol. The van der Waals surface area contributed by atoms with Crippen molar-refractivity contribution in [3.05, 3.63) is 35.9 Å². The number of nitrogens with zero attached hydrogens (tertiary/aromatic N) is 1. The molecule has 23 heavy (non-hydrogen) atoms. The number of sulfonamides is 1. The average Bonchev–Trinajstić information content (AvgIpc) is 2.79. The molecule has 0 saturated carbocycles. The number of hydrogen-bond donors (Lipinski definition) is 1. The number of rotatable bonds is 6. The van der Waals surface area contributed by atoms with Gasteiger partial charge in [0, 0.05) is 43.6 Å². The molecule has 7 heteroatoms. The van der Waals surface area contributed by atoms with Crippen molar-refractivity contribution in [3.8, 4) is 0 Å². The zero-order chi connectivity index (χ0) is 16.6. The van der Waals surface area contributed by atoms with E-state index in [0.717, 1.165) is 5.69 Å². The maximum absolute atomic E-state index is 12.6. The fraction of sp³-hybridized carbons (Fsp3) is 0.312. The predicted octanol–water partition coefficient (Wildman–Crippen LogP) is 1.74. The molecule has 122 valence electrons. The molecule has 0 atom stereocenters. The number of carbonyl (C=O) groups excluding carboxylic acids is 1. The lowest BCUT2D eigenvalue weighted by Crippen LogP contribution is -2.25. The number of ether oxygens (including phenoxy) is 1. The van der Waals surface area contributed by atoms with Crippen molar-refractivity contribution in [2.45, 2.75) is 11.3 Å². The number of hydrogen-bond acceptors (Lipinski definition) is 4. The van der Waals surface area contributed by atoms with Crippen molar-refractivity contribution in [1.82, 2.24) is 4.72 Å². The van der Waals surface area contributed by atoms with Crippen molar-refractivity contribution in [2.75, 3.05) is 32.2 Å². The first kappa shape index (κ1) is 15.9. The van der Waals surface area contributed by atoms with Crippen LogP contribution in [0.5, 0.6) is 0 Å². The quantitative estimate of drug-likeness (QED) is 0.817. The highest BCUT2D eigenvalue weighted by molar-refractivity contribution is 7.89. The van der Waals surface area contributed by atoms with E-state index in [9.17, 15) is 13.2 Å². The van der Waals surface area contributed by atoms with Gasteiger partial charge in [-0.25, -0.2) is 13.1 Å². The van der Waals surface area contributed by atoms with E-state index < -0.39 is 10.0 Å². The molecular weight excluding hydrogens is 316 g/mol. The Morgan fingerprint density at radius 3 is 2.74 bits per heavy atom. The molecule has 2 aromatic rings. The van der Waals surface area contributed by atoms with Crippen molar-refractivity contribution < 1.29 is 17.9 Å². The van der Waals surface area contributed by atoms with Gasteiger partial charge in [0.05, 0.1) is 10.6 Å². The number of amides is 1. The molecule has 1 amide bonds. The highest BCUT2D eigenvalue weighted by atomic mass is 32.2. The Bertz CT molecular complexity index is 877. The summed E-state index contributed by atoms with van der Waals surface area (Å²) in [5.41, 5.74) is 1.27. The molecule has 0 fully saturated rings. The summed E-state index contributed by atoms with van der Waals surface area (Å²) in [7, 11) is -0.380. The first-order chi connectivity index (χ1) is 11.0.